The molecule has 3 aromatic rings. The van der Waals surface area contributed by atoms with Gasteiger partial charge in [-0.25, -0.2) is 4.39 Å². The summed E-state index contributed by atoms with van der Waals surface area (Å²) in [4.78, 5) is 0. The number of hydrogen-bond donors (Lipinski definition) is 1. The van der Waals surface area contributed by atoms with Crippen molar-refractivity contribution in [3.05, 3.63) is 42.2 Å². The van der Waals surface area contributed by atoms with Gasteiger partial charge in [-0.3, -0.25) is 0 Å². The fraction of sp³-hybridized carbons (Fsp3) is 0.333. The van der Waals surface area contributed by atoms with Gasteiger partial charge >= 0.3 is 7.48 Å². The molecule has 0 atom stereocenters. The third kappa shape index (κ3) is 2.75. The average molecular weight is 314 g/mol. The van der Waals surface area contributed by atoms with Crippen molar-refractivity contribution in [3.63, 3.8) is 0 Å². The average Bonchev–Trinajstić information content (AvgIpc) is 2.85. The van der Waals surface area contributed by atoms with Crippen LogP contribution in [0.5, 0.6) is 0 Å². The van der Waals surface area contributed by atoms with Gasteiger partial charge in [0.2, 0.25) is 0 Å². The molecule has 0 saturated heterocycles. The summed E-state index contributed by atoms with van der Waals surface area (Å²) in [5.74, 6) is -0.373. The normalized spacial score (nSPS) is 13.0. The number of para-hydroxylation sites is 1. The zero-order valence-corrected chi connectivity index (χ0v) is 13.8. The zero-order valence-electron chi connectivity index (χ0n) is 13.8. The summed E-state index contributed by atoms with van der Waals surface area (Å²) in [5.41, 5.74) is 0.0962. The van der Waals surface area contributed by atoms with Crippen molar-refractivity contribution in [2.45, 2.75) is 38.9 Å². The topological polar surface area (TPSA) is 42.6 Å². The lowest BCUT2D eigenvalue weighted by Crippen LogP contribution is -2.49. The lowest BCUT2D eigenvalue weighted by atomic mass is 9.80. The van der Waals surface area contributed by atoms with E-state index in [1.165, 1.54) is 6.07 Å². The van der Waals surface area contributed by atoms with Crippen LogP contribution >= 0.6 is 0 Å². The Bertz CT molecular complexity index is 862. The van der Waals surface area contributed by atoms with Gasteiger partial charge in [-0.05, 0) is 45.3 Å². The Labute approximate surface area is 135 Å². The minimum Gasteiger partial charge on any atom is -0.453 e. The maximum absolute atomic E-state index is 13.9. The van der Waals surface area contributed by atoms with Gasteiger partial charge in [-0.15, -0.1) is 0 Å². The van der Waals surface area contributed by atoms with Gasteiger partial charge < -0.3 is 14.2 Å². The van der Waals surface area contributed by atoms with Crippen LogP contribution in [0.3, 0.4) is 0 Å². The Balaban J connectivity index is 2.05. The molecule has 23 heavy (non-hydrogen) atoms. The first kappa shape index (κ1) is 16.0. The lowest BCUT2D eigenvalue weighted by molar-refractivity contribution is -0.0893. The monoisotopic (exact) mass is 314 g/mol. The summed E-state index contributed by atoms with van der Waals surface area (Å²) in [7, 11) is 0.305. The van der Waals surface area contributed by atoms with E-state index in [-0.39, 0.29) is 11.4 Å². The molecule has 0 spiro atoms. The molecule has 0 amide bonds. The largest absolute Gasteiger partial charge is 0.453 e. The molecule has 2 aromatic carbocycles. The molecule has 3 nitrogen and oxygen atoms in total. The van der Waals surface area contributed by atoms with E-state index in [2.05, 4.69) is 0 Å². The number of furan rings is 1. The van der Waals surface area contributed by atoms with E-state index in [4.69, 9.17) is 9.07 Å². The van der Waals surface area contributed by atoms with Gasteiger partial charge in [0.1, 0.15) is 5.58 Å². The molecule has 1 heterocycles. The van der Waals surface area contributed by atoms with Crippen LogP contribution < -0.4 is 5.46 Å². The van der Waals surface area contributed by atoms with Crippen LogP contribution in [0.4, 0.5) is 4.39 Å². The van der Waals surface area contributed by atoms with E-state index in [9.17, 15) is 9.50 Å². The SMILES string of the molecule is CC(C)(O)C(C)(C)OBc1cccc2oc3c(F)cccc3c12. The fourth-order valence-electron chi connectivity index (χ4n) is 2.44. The first-order chi connectivity index (χ1) is 10.7. The van der Waals surface area contributed by atoms with Crippen LogP contribution in [0.2, 0.25) is 0 Å². The van der Waals surface area contributed by atoms with Crippen LogP contribution in [0.1, 0.15) is 27.7 Å². The lowest BCUT2D eigenvalue weighted by Gasteiger charge is -2.37. The van der Waals surface area contributed by atoms with Crippen molar-refractivity contribution in [1.29, 1.82) is 0 Å². The van der Waals surface area contributed by atoms with E-state index < -0.39 is 11.2 Å². The molecular weight excluding hydrogens is 294 g/mol. The molecule has 0 aliphatic rings. The highest BCUT2D eigenvalue weighted by Gasteiger charge is 2.35. The Morgan fingerprint density at radius 1 is 1.09 bits per heavy atom. The third-order valence-electron chi connectivity index (χ3n) is 4.62. The van der Waals surface area contributed by atoms with E-state index in [0.717, 1.165) is 16.2 Å². The predicted octanol–water partition coefficient (Wildman–Crippen LogP) is 3.27. The van der Waals surface area contributed by atoms with Crippen LogP contribution in [0.15, 0.2) is 40.8 Å². The number of aliphatic hydroxyl groups is 1. The van der Waals surface area contributed by atoms with Gasteiger partial charge in [0.15, 0.2) is 11.4 Å². The van der Waals surface area contributed by atoms with Gasteiger partial charge in [0.05, 0.1) is 11.2 Å². The molecule has 5 heteroatoms. The second kappa shape index (κ2) is 5.36. The molecule has 0 aliphatic carbocycles. The summed E-state index contributed by atoms with van der Waals surface area (Å²) < 4.78 is 25.5. The summed E-state index contributed by atoms with van der Waals surface area (Å²) >= 11 is 0. The molecule has 3 rings (SSSR count). The first-order valence-electron chi connectivity index (χ1n) is 7.66. The van der Waals surface area contributed by atoms with Crippen molar-refractivity contribution < 1.29 is 18.6 Å². The van der Waals surface area contributed by atoms with Gasteiger partial charge in [-0.1, -0.05) is 24.3 Å². The number of fused-ring (bicyclic) bond motifs is 3. The Kier molecular flexibility index (Phi) is 3.73. The molecule has 0 aliphatic heterocycles. The van der Waals surface area contributed by atoms with Crippen molar-refractivity contribution in [2.24, 2.45) is 0 Å². The maximum atomic E-state index is 13.9. The van der Waals surface area contributed by atoms with Crippen LogP contribution in [0, 0.1) is 5.82 Å². The standard InChI is InChI=1S/C18H20BFO3/c1-17(2,21)18(3,4)23-19-12-8-6-10-14-15(12)11-7-5-9-13(20)16(11)22-14/h5-10,19,21H,1-4H3. The minimum atomic E-state index is -0.981. The smallest absolute Gasteiger partial charge is 0.310 e. The molecule has 0 unspecified atom stereocenters. The quantitative estimate of drug-likeness (QED) is 0.752. The summed E-state index contributed by atoms with van der Waals surface area (Å²) in [6.45, 7) is 7.13. The molecule has 0 fully saturated rings. The third-order valence-corrected chi connectivity index (χ3v) is 4.62. The summed E-state index contributed by atoms with van der Waals surface area (Å²) in [5, 5.41) is 11.8. The van der Waals surface area contributed by atoms with Gasteiger partial charge in [0.25, 0.3) is 0 Å². The zero-order chi connectivity index (χ0) is 16.8. The highest BCUT2D eigenvalue weighted by Crippen LogP contribution is 2.29. The Morgan fingerprint density at radius 2 is 1.78 bits per heavy atom. The summed E-state index contributed by atoms with van der Waals surface area (Å²) in [6, 6.07) is 10.5. The predicted molar refractivity (Wildman–Crippen MR) is 91.9 cm³/mol. The van der Waals surface area contributed by atoms with Crippen molar-refractivity contribution in [3.8, 4) is 0 Å². The van der Waals surface area contributed by atoms with Crippen molar-refractivity contribution in [1.82, 2.24) is 0 Å². The van der Waals surface area contributed by atoms with Crippen molar-refractivity contribution in [2.75, 3.05) is 0 Å². The molecule has 0 saturated carbocycles. The Hall–Kier alpha value is -1.85. The van der Waals surface area contributed by atoms with Crippen LogP contribution in [-0.2, 0) is 4.65 Å². The molecule has 120 valence electrons. The second-order valence-electron chi connectivity index (χ2n) is 6.87. The van der Waals surface area contributed by atoms with Crippen LogP contribution in [0.25, 0.3) is 21.9 Å². The highest BCUT2D eigenvalue weighted by molar-refractivity contribution is 6.52. The van der Waals surface area contributed by atoms with E-state index in [0.29, 0.717) is 13.1 Å². The molecule has 0 radical (unpaired) electrons. The van der Waals surface area contributed by atoms with Crippen LogP contribution in [-0.4, -0.2) is 23.8 Å². The summed E-state index contributed by atoms with van der Waals surface area (Å²) in [6.07, 6.45) is 0. The van der Waals surface area contributed by atoms with Crippen molar-refractivity contribution >= 4 is 34.9 Å². The molecule has 1 aromatic heterocycles. The van der Waals surface area contributed by atoms with Gasteiger partial charge in [-0.2, -0.15) is 0 Å². The fourth-order valence-corrected chi connectivity index (χ4v) is 2.44. The van der Waals surface area contributed by atoms with Gasteiger partial charge in [0, 0.05) is 10.8 Å². The van der Waals surface area contributed by atoms with E-state index >= 15 is 0 Å². The minimum absolute atomic E-state index is 0.261. The first-order valence-corrected chi connectivity index (χ1v) is 7.66. The molecular formula is C18H20BFO3. The van der Waals surface area contributed by atoms with E-state index in [1.54, 1.807) is 19.9 Å². The second-order valence-corrected chi connectivity index (χ2v) is 6.87. The number of halogens is 1. The Morgan fingerprint density at radius 3 is 2.48 bits per heavy atom. The highest BCUT2D eigenvalue weighted by atomic mass is 19.1. The molecule has 1 N–H and O–H groups in total. The number of benzene rings is 2. The number of hydrogen-bond acceptors (Lipinski definition) is 3. The number of rotatable bonds is 4. The maximum Gasteiger partial charge on any atom is 0.310 e. The van der Waals surface area contributed by atoms with E-state index in [1.807, 2.05) is 38.1 Å². The molecule has 0 bridgehead atoms.